The molecule has 0 aromatic heterocycles. The number of carbonyl (C=O) groups is 1. The van der Waals surface area contributed by atoms with Gasteiger partial charge in [-0.3, -0.25) is 0 Å². The topological polar surface area (TPSA) is 61.8 Å². The summed E-state index contributed by atoms with van der Waals surface area (Å²) in [5.41, 5.74) is 1.39. The normalized spacial score (nSPS) is 11.9. The number of hydrogen-bond acceptors (Lipinski definition) is 3. The van der Waals surface area contributed by atoms with Gasteiger partial charge in [0.05, 0.1) is 25.4 Å². The Morgan fingerprint density at radius 2 is 2.21 bits per heavy atom. The number of nitrogens with one attached hydrogen (secondary N) is 1. The molecule has 0 saturated heterocycles. The molecule has 6 heteroatoms. The van der Waals surface area contributed by atoms with E-state index in [0.717, 1.165) is 5.56 Å². The number of anilines is 1. The average Bonchev–Trinajstić information content (AvgIpc) is 2.40. The van der Waals surface area contributed by atoms with Crippen LogP contribution in [0.5, 0.6) is 5.75 Å². The molecule has 0 aliphatic rings. The summed E-state index contributed by atoms with van der Waals surface area (Å²) in [4.78, 5) is 13.4. The number of benzene rings is 1. The fourth-order valence-corrected chi connectivity index (χ4v) is 1.61. The van der Waals surface area contributed by atoms with Crippen LogP contribution in [0.25, 0.3) is 0 Å². The molecule has 1 atom stereocenters. The zero-order chi connectivity index (χ0) is 14.6. The van der Waals surface area contributed by atoms with Crippen molar-refractivity contribution in [3.8, 4) is 5.75 Å². The second kappa shape index (κ2) is 6.63. The first-order valence-electron chi connectivity index (χ1n) is 5.89. The lowest BCUT2D eigenvalue weighted by Crippen LogP contribution is -2.40. The van der Waals surface area contributed by atoms with Gasteiger partial charge in [-0.05, 0) is 25.5 Å². The molecule has 0 heterocycles. The number of halogens is 1. The van der Waals surface area contributed by atoms with Crippen molar-refractivity contribution in [2.24, 2.45) is 0 Å². The number of amides is 2. The molecule has 1 aromatic rings. The molecule has 2 amide bonds. The van der Waals surface area contributed by atoms with Crippen molar-refractivity contribution < 1.29 is 14.6 Å². The molecule has 1 unspecified atom stereocenters. The number of aliphatic hydroxyl groups excluding tert-OH is 1. The van der Waals surface area contributed by atoms with Crippen molar-refractivity contribution >= 4 is 23.3 Å². The van der Waals surface area contributed by atoms with Gasteiger partial charge in [0.15, 0.2) is 0 Å². The number of likely N-dealkylation sites (N-methyl/N-ethyl adjacent to an activating group) is 1. The van der Waals surface area contributed by atoms with Crippen molar-refractivity contribution in [2.45, 2.75) is 19.9 Å². The van der Waals surface area contributed by atoms with Gasteiger partial charge in [-0.15, -0.1) is 0 Å². The van der Waals surface area contributed by atoms with Gasteiger partial charge in [0.2, 0.25) is 0 Å². The van der Waals surface area contributed by atoms with Crippen LogP contribution >= 0.6 is 11.6 Å². The Balaban J connectivity index is 2.93. The number of hydrogen-bond donors (Lipinski definition) is 2. The zero-order valence-corrected chi connectivity index (χ0v) is 12.3. The molecule has 19 heavy (non-hydrogen) atoms. The Labute approximate surface area is 118 Å². The van der Waals surface area contributed by atoms with Crippen molar-refractivity contribution in [1.29, 1.82) is 0 Å². The number of carbonyl (C=O) groups excluding carboxylic acids is 1. The first-order valence-corrected chi connectivity index (χ1v) is 6.27. The minimum atomic E-state index is -0.318. The quantitative estimate of drug-likeness (QED) is 0.894. The van der Waals surface area contributed by atoms with E-state index in [0.29, 0.717) is 16.5 Å². The summed E-state index contributed by atoms with van der Waals surface area (Å²) < 4.78 is 5.18. The zero-order valence-electron chi connectivity index (χ0n) is 11.5. The third-order valence-corrected chi connectivity index (χ3v) is 3.38. The highest BCUT2D eigenvalue weighted by Crippen LogP contribution is 2.31. The molecule has 0 radical (unpaired) electrons. The molecule has 1 rings (SSSR count). The van der Waals surface area contributed by atoms with E-state index in [2.05, 4.69) is 5.32 Å². The number of rotatable bonds is 4. The predicted molar refractivity (Wildman–Crippen MR) is 76.1 cm³/mol. The maximum Gasteiger partial charge on any atom is 0.322 e. The molecule has 0 aliphatic heterocycles. The predicted octanol–water partition coefficient (Wildman–Crippen LogP) is 2.50. The highest BCUT2D eigenvalue weighted by atomic mass is 35.5. The van der Waals surface area contributed by atoms with Crippen LogP contribution in [0.3, 0.4) is 0 Å². The van der Waals surface area contributed by atoms with Crippen molar-refractivity contribution in [2.75, 3.05) is 26.1 Å². The summed E-state index contributed by atoms with van der Waals surface area (Å²) in [6.45, 7) is 3.50. The fourth-order valence-electron chi connectivity index (χ4n) is 1.46. The summed E-state index contributed by atoms with van der Waals surface area (Å²) in [6, 6.07) is 2.82. The van der Waals surface area contributed by atoms with E-state index in [9.17, 15) is 4.79 Å². The Kier molecular flexibility index (Phi) is 5.44. The maximum atomic E-state index is 12.0. The molecule has 5 nitrogen and oxygen atoms in total. The number of aliphatic hydroxyl groups is 1. The summed E-state index contributed by atoms with van der Waals surface area (Å²) in [7, 11) is 3.13. The molecule has 106 valence electrons. The number of ether oxygens (including phenoxy) is 1. The SMILES string of the molecule is COc1cc(Cl)c(C)cc1NC(=O)N(C)C(C)CO. The molecule has 0 spiro atoms. The number of nitrogens with zero attached hydrogens (tertiary/aromatic N) is 1. The summed E-state index contributed by atoms with van der Waals surface area (Å²) in [5.74, 6) is 0.494. The third-order valence-electron chi connectivity index (χ3n) is 2.97. The van der Waals surface area contributed by atoms with Gasteiger partial charge in [-0.25, -0.2) is 4.79 Å². The number of aryl methyl sites for hydroxylation is 1. The van der Waals surface area contributed by atoms with Gasteiger partial charge >= 0.3 is 6.03 Å². The van der Waals surface area contributed by atoms with Crippen LogP contribution in [0.2, 0.25) is 5.02 Å². The van der Waals surface area contributed by atoms with Gasteiger partial charge in [-0.1, -0.05) is 11.6 Å². The van der Waals surface area contributed by atoms with Gasteiger partial charge < -0.3 is 20.1 Å². The van der Waals surface area contributed by atoms with E-state index < -0.39 is 0 Å². The van der Waals surface area contributed by atoms with Crippen LogP contribution in [-0.4, -0.2) is 42.8 Å². The summed E-state index contributed by atoms with van der Waals surface area (Å²) >= 11 is 6.00. The van der Waals surface area contributed by atoms with Crippen LogP contribution in [-0.2, 0) is 0 Å². The Hall–Kier alpha value is -1.46. The lowest BCUT2D eigenvalue weighted by atomic mass is 10.2. The van der Waals surface area contributed by atoms with E-state index in [1.165, 1.54) is 12.0 Å². The Bertz CT molecular complexity index is 465. The largest absolute Gasteiger partial charge is 0.495 e. The van der Waals surface area contributed by atoms with Crippen molar-refractivity contribution in [3.63, 3.8) is 0 Å². The first-order chi connectivity index (χ1) is 8.90. The Morgan fingerprint density at radius 1 is 1.58 bits per heavy atom. The monoisotopic (exact) mass is 286 g/mol. The van der Waals surface area contributed by atoms with Crippen LogP contribution in [0.15, 0.2) is 12.1 Å². The number of methoxy groups -OCH3 is 1. The van der Waals surface area contributed by atoms with Crippen molar-refractivity contribution in [3.05, 3.63) is 22.7 Å². The smallest absolute Gasteiger partial charge is 0.322 e. The fraction of sp³-hybridized carbons (Fsp3) is 0.462. The van der Waals surface area contributed by atoms with E-state index in [4.69, 9.17) is 21.4 Å². The van der Waals surface area contributed by atoms with E-state index >= 15 is 0 Å². The Morgan fingerprint density at radius 3 is 2.74 bits per heavy atom. The van der Waals surface area contributed by atoms with Gasteiger partial charge in [0, 0.05) is 18.1 Å². The van der Waals surface area contributed by atoms with Crippen LogP contribution in [0, 0.1) is 6.92 Å². The second-order valence-electron chi connectivity index (χ2n) is 4.37. The van der Waals surface area contributed by atoms with Gasteiger partial charge in [0.25, 0.3) is 0 Å². The van der Waals surface area contributed by atoms with E-state index in [1.807, 2.05) is 6.92 Å². The summed E-state index contributed by atoms with van der Waals surface area (Å²) in [5, 5.41) is 12.4. The molecular formula is C13H19ClN2O3. The molecule has 1 aromatic carbocycles. The van der Waals surface area contributed by atoms with Crippen LogP contribution in [0.1, 0.15) is 12.5 Å². The molecule has 2 N–H and O–H groups in total. The molecular weight excluding hydrogens is 268 g/mol. The minimum absolute atomic E-state index is 0.0965. The highest BCUT2D eigenvalue weighted by Gasteiger charge is 2.17. The molecule has 0 saturated carbocycles. The first kappa shape index (κ1) is 15.6. The lowest BCUT2D eigenvalue weighted by molar-refractivity contribution is 0.166. The molecule has 0 fully saturated rings. The standard InChI is InChI=1S/C13H19ClN2O3/c1-8-5-11(12(19-4)6-10(8)14)15-13(18)16(3)9(2)7-17/h5-6,9,17H,7H2,1-4H3,(H,15,18). The minimum Gasteiger partial charge on any atom is -0.495 e. The van der Waals surface area contributed by atoms with Crippen LogP contribution in [0.4, 0.5) is 10.5 Å². The lowest BCUT2D eigenvalue weighted by Gasteiger charge is -2.24. The summed E-state index contributed by atoms with van der Waals surface area (Å²) in [6.07, 6.45) is 0. The highest BCUT2D eigenvalue weighted by molar-refractivity contribution is 6.31. The molecule has 0 aliphatic carbocycles. The maximum absolute atomic E-state index is 12.0. The van der Waals surface area contributed by atoms with Gasteiger partial charge in [-0.2, -0.15) is 0 Å². The second-order valence-corrected chi connectivity index (χ2v) is 4.78. The van der Waals surface area contributed by atoms with E-state index in [1.54, 1.807) is 26.1 Å². The number of urea groups is 1. The van der Waals surface area contributed by atoms with Crippen LogP contribution < -0.4 is 10.1 Å². The van der Waals surface area contributed by atoms with Crippen molar-refractivity contribution in [1.82, 2.24) is 4.90 Å². The van der Waals surface area contributed by atoms with Gasteiger partial charge in [0.1, 0.15) is 5.75 Å². The third kappa shape index (κ3) is 3.75. The van der Waals surface area contributed by atoms with E-state index in [-0.39, 0.29) is 18.7 Å². The molecule has 0 bridgehead atoms. The average molecular weight is 287 g/mol.